The number of hydrogen-bond acceptors (Lipinski definition) is 4. The number of amides is 1. The molecule has 3 heterocycles. The molecule has 6 aliphatic rings. The molecule has 0 radical (unpaired) electrons. The van der Waals surface area contributed by atoms with Crippen LogP contribution in [0.1, 0.15) is 44.9 Å². The van der Waals surface area contributed by atoms with E-state index in [9.17, 15) is 9.00 Å². The van der Waals surface area contributed by atoms with Crippen LogP contribution in [0.15, 0.2) is 28.2 Å². The molecule has 2 saturated heterocycles. The largest absolute Gasteiger partial charge is 0.348 e. The highest BCUT2D eigenvalue weighted by molar-refractivity contribution is 7.85. The van der Waals surface area contributed by atoms with Gasteiger partial charge in [-0.25, -0.2) is 13.5 Å². The maximum absolute atomic E-state index is 12.9. The fourth-order valence-corrected chi connectivity index (χ4v) is 6.55. The Kier molecular flexibility index (Phi) is 5.13. The molecule has 3 aliphatic carbocycles. The third-order valence-corrected chi connectivity index (χ3v) is 9.18. The second kappa shape index (κ2) is 7.90. The Morgan fingerprint density at radius 3 is 2.53 bits per heavy atom. The van der Waals surface area contributed by atoms with Gasteiger partial charge in [-0.15, -0.1) is 0 Å². The summed E-state index contributed by atoms with van der Waals surface area (Å²) in [5.41, 5.74) is 3.35. The van der Waals surface area contributed by atoms with Crippen molar-refractivity contribution < 1.29 is 14.4 Å². The third kappa shape index (κ3) is 3.69. The van der Waals surface area contributed by atoms with Gasteiger partial charge >= 0.3 is 0 Å². The smallest absolute Gasteiger partial charge is 0.226 e. The monoisotopic (exact) mass is 456 g/mol. The lowest BCUT2D eigenvalue weighted by Crippen LogP contribution is -2.64. The molecule has 2 N–H and O–H groups in total. The predicted molar refractivity (Wildman–Crippen MR) is 125 cm³/mol. The molecule has 7 nitrogen and oxygen atoms in total. The molecule has 5 fully saturated rings. The van der Waals surface area contributed by atoms with Gasteiger partial charge in [0.05, 0.1) is 12.0 Å². The van der Waals surface area contributed by atoms with Crippen LogP contribution in [0.3, 0.4) is 0 Å². The van der Waals surface area contributed by atoms with Crippen LogP contribution < -0.4 is 5.41 Å². The van der Waals surface area contributed by atoms with Crippen molar-refractivity contribution in [3.05, 3.63) is 23.3 Å². The van der Waals surface area contributed by atoms with Gasteiger partial charge in [0.1, 0.15) is 11.0 Å². The number of amidine groups is 1. The molecule has 0 spiro atoms. The van der Waals surface area contributed by atoms with Gasteiger partial charge in [0.25, 0.3) is 0 Å². The molecule has 8 heteroatoms. The van der Waals surface area contributed by atoms with E-state index in [0.29, 0.717) is 30.3 Å². The topological polar surface area (TPSA) is 81.8 Å². The molecule has 0 aromatic heterocycles. The molecule has 1 amide bonds. The lowest BCUT2D eigenvalue weighted by Gasteiger charge is -2.44. The van der Waals surface area contributed by atoms with Crippen LogP contribution >= 0.6 is 0 Å². The van der Waals surface area contributed by atoms with Crippen molar-refractivity contribution in [2.45, 2.75) is 51.0 Å². The normalized spacial score (nSPS) is 32.5. The number of piperidine rings is 1. The number of rotatable bonds is 5. The number of hydrogen-bond donors (Lipinski definition) is 1. The Hall–Kier alpha value is -1.80. The van der Waals surface area contributed by atoms with Gasteiger partial charge in [-0.3, -0.25) is 10.2 Å². The number of allylic oxidation sites excluding steroid dienone is 1. The Morgan fingerprint density at radius 2 is 1.88 bits per heavy atom. The van der Waals surface area contributed by atoms with E-state index in [1.54, 1.807) is 0 Å². The summed E-state index contributed by atoms with van der Waals surface area (Å²) in [6.45, 7) is 7.59. The molecule has 32 heavy (non-hydrogen) atoms. The van der Waals surface area contributed by atoms with Crippen molar-refractivity contribution in [1.82, 2.24) is 14.1 Å². The highest BCUT2D eigenvalue weighted by Gasteiger charge is 2.48. The number of aliphatic imine (C=N–C) groups is 1. The summed E-state index contributed by atoms with van der Waals surface area (Å²) in [6, 6.07) is 0.305. The molecule has 3 atom stereocenters. The molecule has 3 aliphatic heterocycles. The molecule has 0 aromatic carbocycles. The average Bonchev–Trinajstić information content (AvgIpc) is 3.67. The number of nitrogens with zero attached hydrogens (tertiary/aromatic N) is 4. The van der Waals surface area contributed by atoms with Crippen molar-refractivity contribution in [2.24, 2.45) is 28.7 Å². The zero-order chi connectivity index (χ0) is 22.0. The van der Waals surface area contributed by atoms with Crippen molar-refractivity contribution in [2.75, 3.05) is 32.7 Å². The Labute approximate surface area is 192 Å². The van der Waals surface area contributed by atoms with E-state index in [1.807, 2.05) is 4.31 Å². The van der Waals surface area contributed by atoms with Crippen LogP contribution in [0.5, 0.6) is 0 Å². The Morgan fingerprint density at radius 1 is 1.09 bits per heavy atom. The van der Waals surface area contributed by atoms with E-state index in [4.69, 9.17) is 10.4 Å². The first-order valence-corrected chi connectivity index (χ1v) is 13.5. The Balaban J connectivity index is 1.27. The molecule has 3 unspecified atom stereocenters. The minimum Gasteiger partial charge on any atom is -0.348 e. The molecule has 0 aromatic rings. The fourth-order valence-electron chi connectivity index (χ4n) is 5.78. The van der Waals surface area contributed by atoms with Crippen molar-refractivity contribution in [3.8, 4) is 0 Å². The zero-order valence-corrected chi connectivity index (χ0v) is 19.6. The number of nitrogens with two attached hydrogens (primary N) is 1. The summed E-state index contributed by atoms with van der Waals surface area (Å²) in [4.78, 5) is 22.7. The van der Waals surface area contributed by atoms with E-state index in [-0.39, 0.29) is 11.8 Å². The van der Waals surface area contributed by atoms with Gasteiger partial charge < -0.3 is 9.80 Å². The first kappa shape index (κ1) is 20.8. The van der Waals surface area contributed by atoms with Gasteiger partial charge in [-0.05, 0) is 56.4 Å². The molecule has 172 valence electrons. The number of fused-ring (bicyclic) bond motifs is 1. The Bertz CT molecular complexity index is 946. The lowest BCUT2D eigenvalue weighted by atomic mass is 9.82. The van der Waals surface area contributed by atoms with Crippen LogP contribution in [0, 0.1) is 23.7 Å². The summed E-state index contributed by atoms with van der Waals surface area (Å²) < 4.78 is 14.3. The zero-order valence-electron chi connectivity index (χ0n) is 18.7. The lowest BCUT2D eigenvalue weighted by molar-refractivity contribution is -0.137. The number of piperazine rings is 1. The van der Waals surface area contributed by atoms with E-state index < -0.39 is 11.0 Å². The van der Waals surface area contributed by atoms with E-state index >= 15 is 0 Å². The molecular weight excluding hydrogens is 422 g/mol. The van der Waals surface area contributed by atoms with Gasteiger partial charge in [-0.1, -0.05) is 6.58 Å². The van der Waals surface area contributed by atoms with E-state index in [0.717, 1.165) is 57.0 Å². The second-order valence-corrected chi connectivity index (χ2v) is 11.8. The highest BCUT2D eigenvalue weighted by Crippen LogP contribution is 2.45. The molecular formula is C24H34N5O2S+. The van der Waals surface area contributed by atoms with Gasteiger partial charge in [0.15, 0.2) is 5.84 Å². The van der Waals surface area contributed by atoms with Crippen molar-refractivity contribution in [1.29, 1.82) is 0 Å². The summed E-state index contributed by atoms with van der Waals surface area (Å²) in [5.74, 6) is 2.98. The summed E-state index contributed by atoms with van der Waals surface area (Å²) >= 11 is 0. The molecule has 6 rings (SSSR count). The van der Waals surface area contributed by atoms with E-state index in [2.05, 4.69) is 16.4 Å². The maximum atomic E-state index is 12.9. The van der Waals surface area contributed by atoms with Crippen LogP contribution in [0.4, 0.5) is 0 Å². The standard InChI is InChI=1S/C24H33N5O2S/c1-2-32(31)28-10-9-18-19(13-28)22(16-5-6-16)26-23(21(18)25)27-11-12-29(24(30)17-7-8-17)20(14-27)15-3-4-15/h2,15-18,20,25H,1,3-14H2/p+1. The first-order chi connectivity index (χ1) is 15.5. The van der Waals surface area contributed by atoms with Gasteiger partial charge in [-0.2, -0.15) is 0 Å². The predicted octanol–water partition coefficient (Wildman–Crippen LogP) is 0.725. The van der Waals surface area contributed by atoms with Gasteiger partial charge in [0, 0.05) is 55.7 Å². The molecule has 0 bridgehead atoms. The van der Waals surface area contributed by atoms with Crippen LogP contribution in [0.2, 0.25) is 0 Å². The number of carbonyl (C=O) groups is 1. The summed E-state index contributed by atoms with van der Waals surface area (Å²) in [7, 11) is -1.15. The highest BCUT2D eigenvalue weighted by atomic mass is 32.2. The van der Waals surface area contributed by atoms with Gasteiger partial charge in [0.2, 0.25) is 11.6 Å². The summed E-state index contributed by atoms with van der Waals surface area (Å²) in [5, 5.41) is 8.32. The second-order valence-electron chi connectivity index (χ2n) is 10.4. The summed E-state index contributed by atoms with van der Waals surface area (Å²) in [6.07, 6.45) is 7.84. The minimum absolute atomic E-state index is 0.196. The fraction of sp³-hybridized carbons (Fsp3) is 0.708. The van der Waals surface area contributed by atoms with Crippen molar-refractivity contribution >= 4 is 28.4 Å². The first-order valence-electron chi connectivity index (χ1n) is 12.3. The number of carbonyl (C=O) groups excluding carboxylic acids is 1. The van der Waals surface area contributed by atoms with Crippen molar-refractivity contribution in [3.63, 3.8) is 0 Å². The quantitative estimate of drug-likeness (QED) is 0.662. The molecule has 3 saturated carbocycles. The average molecular weight is 457 g/mol. The van der Waals surface area contributed by atoms with Crippen LogP contribution in [-0.4, -0.2) is 74.5 Å². The van der Waals surface area contributed by atoms with E-state index in [1.165, 1.54) is 42.4 Å². The SMILES string of the molecule is C=CS(=O)N1CCC2C(=[NH2+])C(N3CCN(C(=O)C4CC4)C(C4CC4)C3)=NC(C3CC3)=C2C1. The minimum atomic E-state index is -1.15. The third-order valence-electron chi connectivity index (χ3n) is 8.08. The van der Waals surface area contributed by atoms with Crippen LogP contribution in [0.25, 0.3) is 0 Å². The van der Waals surface area contributed by atoms with Crippen LogP contribution in [-0.2, 0) is 15.8 Å². The maximum Gasteiger partial charge on any atom is 0.226 e.